The molecule has 0 aromatic heterocycles. The first-order valence-electron chi connectivity index (χ1n) is 6.29. The fourth-order valence-electron chi connectivity index (χ4n) is 2.10. The minimum atomic E-state index is -3.48. The number of halogens is 2. The van der Waals surface area contributed by atoms with Gasteiger partial charge in [-0.05, 0) is 31.0 Å². The lowest BCUT2D eigenvalue weighted by molar-refractivity contribution is 0.516. The summed E-state index contributed by atoms with van der Waals surface area (Å²) in [5.74, 6) is 0. The molecule has 0 heterocycles. The number of rotatable bonds is 6. The maximum absolute atomic E-state index is 12.6. The van der Waals surface area contributed by atoms with Crippen LogP contribution in [0.1, 0.15) is 33.1 Å². The highest BCUT2D eigenvalue weighted by atomic mass is 35.5. The van der Waals surface area contributed by atoms with Crippen molar-refractivity contribution >= 4 is 33.0 Å². The summed E-state index contributed by atoms with van der Waals surface area (Å²) in [6.07, 6.45) is 2.01. The van der Waals surface area contributed by atoms with Gasteiger partial charge < -0.3 is 5.73 Å². The third kappa shape index (κ3) is 3.85. The molecule has 0 aliphatic carbocycles. The van der Waals surface area contributed by atoms with Crippen LogP contribution in [-0.2, 0) is 9.84 Å². The molecule has 1 rings (SSSR count). The van der Waals surface area contributed by atoms with Crippen molar-refractivity contribution < 1.29 is 8.42 Å². The first kappa shape index (κ1) is 16.8. The maximum atomic E-state index is 12.6. The molecule has 0 bridgehead atoms. The van der Waals surface area contributed by atoms with Crippen molar-refractivity contribution in [1.29, 1.82) is 0 Å². The molecule has 2 unspecified atom stereocenters. The highest BCUT2D eigenvalue weighted by molar-refractivity contribution is 7.92. The Morgan fingerprint density at radius 1 is 1.21 bits per heavy atom. The Kier molecular flexibility index (Phi) is 6.12. The van der Waals surface area contributed by atoms with Gasteiger partial charge in [0.25, 0.3) is 0 Å². The molecule has 0 saturated carbocycles. The van der Waals surface area contributed by atoms with E-state index in [0.717, 1.165) is 6.42 Å². The molecule has 0 aliphatic heterocycles. The van der Waals surface area contributed by atoms with Crippen molar-refractivity contribution in [3.05, 3.63) is 28.2 Å². The molecule has 19 heavy (non-hydrogen) atoms. The van der Waals surface area contributed by atoms with Gasteiger partial charge in [-0.1, -0.05) is 43.5 Å². The topological polar surface area (TPSA) is 60.2 Å². The van der Waals surface area contributed by atoms with E-state index in [0.29, 0.717) is 17.9 Å². The van der Waals surface area contributed by atoms with Gasteiger partial charge in [0, 0.05) is 6.04 Å². The average Bonchev–Trinajstić information content (AvgIpc) is 2.33. The third-order valence-electron chi connectivity index (χ3n) is 3.12. The molecule has 0 aliphatic rings. The van der Waals surface area contributed by atoms with Crippen molar-refractivity contribution in [1.82, 2.24) is 0 Å². The minimum absolute atomic E-state index is 0.181. The van der Waals surface area contributed by atoms with E-state index in [9.17, 15) is 8.42 Å². The monoisotopic (exact) mass is 323 g/mol. The predicted octanol–water partition coefficient (Wildman–Crippen LogP) is 3.67. The SMILES string of the molecule is CCCC(N)C(CC)S(=O)(=O)c1ccc(Cl)c(Cl)c1. The summed E-state index contributed by atoms with van der Waals surface area (Å²) in [6.45, 7) is 3.81. The van der Waals surface area contributed by atoms with E-state index in [1.54, 1.807) is 0 Å². The number of sulfone groups is 1. The fourth-order valence-corrected chi connectivity index (χ4v) is 4.39. The maximum Gasteiger partial charge on any atom is 0.182 e. The van der Waals surface area contributed by atoms with Crippen molar-refractivity contribution in [3.63, 3.8) is 0 Å². The fraction of sp³-hybridized carbons (Fsp3) is 0.538. The van der Waals surface area contributed by atoms with E-state index in [2.05, 4.69) is 0 Å². The van der Waals surface area contributed by atoms with Gasteiger partial charge in [0.15, 0.2) is 9.84 Å². The van der Waals surface area contributed by atoms with Gasteiger partial charge in [-0.2, -0.15) is 0 Å². The van der Waals surface area contributed by atoms with Crippen molar-refractivity contribution in [3.8, 4) is 0 Å². The quantitative estimate of drug-likeness (QED) is 0.868. The molecule has 3 nitrogen and oxygen atoms in total. The predicted molar refractivity (Wildman–Crippen MR) is 80.6 cm³/mol. The zero-order valence-electron chi connectivity index (χ0n) is 11.1. The second kappa shape index (κ2) is 6.93. The molecule has 1 aromatic rings. The summed E-state index contributed by atoms with van der Waals surface area (Å²) >= 11 is 11.7. The molecule has 0 radical (unpaired) electrons. The third-order valence-corrected chi connectivity index (χ3v) is 6.25. The molecule has 1 aromatic carbocycles. The summed E-state index contributed by atoms with van der Waals surface area (Å²) in [7, 11) is -3.48. The zero-order valence-corrected chi connectivity index (χ0v) is 13.4. The van der Waals surface area contributed by atoms with Gasteiger partial charge in [0.1, 0.15) is 0 Å². The van der Waals surface area contributed by atoms with Gasteiger partial charge >= 0.3 is 0 Å². The molecule has 2 atom stereocenters. The number of benzene rings is 1. The standard InChI is InChI=1S/C13H19Cl2NO2S/c1-3-5-12(16)13(4-2)19(17,18)9-6-7-10(14)11(15)8-9/h6-8,12-13H,3-5,16H2,1-2H3. The highest BCUT2D eigenvalue weighted by Gasteiger charge is 2.31. The van der Waals surface area contributed by atoms with E-state index in [1.807, 2.05) is 13.8 Å². The molecule has 0 spiro atoms. The van der Waals surface area contributed by atoms with Crippen LogP contribution < -0.4 is 5.73 Å². The molecule has 2 N–H and O–H groups in total. The smallest absolute Gasteiger partial charge is 0.182 e. The van der Waals surface area contributed by atoms with Gasteiger partial charge in [-0.25, -0.2) is 8.42 Å². The number of hydrogen-bond donors (Lipinski definition) is 1. The van der Waals surface area contributed by atoms with E-state index in [4.69, 9.17) is 28.9 Å². The van der Waals surface area contributed by atoms with Crippen molar-refractivity contribution in [2.75, 3.05) is 0 Å². The molecule has 0 fully saturated rings. The average molecular weight is 324 g/mol. The zero-order chi connectivity index (χ0) is 14.6. The lowest BCUT2D eigenvalue weighted by atomic mass is 10.1. The van der Waals surface area contributed by atoms with Gasteiger partial charge in [0.2, 0.25) is 0 Å². The molecule has 108 valence electrons. The number of nitrogens with two attached hydrogens (primary N) is 1. The van der Waals surface area contributed by atoms with Crippen LogP contribution in [0.2, 0.25) is 10.0 Å². The number of hydrogen-bond acceptors (Lipinski definition) is 3. The van der Waals surface area contributed by atoms with Crippen LogP contribution >= 0.6 is 23.2 Å². The second-order valence-electron chi connectivity index (χ2n) is 4.52. The molecule has 0 amide bonds. The lowest BCUT2D eigenvalue weighted by Gasteiger charge is -2.22. The second-order valence-corrected chi connectivity index (χ2v) is 7.50. The molecule has 6 heteroatoms. The largest absolute Gasteiger partial charge is 0.327 e. The van der Waals surface area contributed by atoms with Crippen LogP contribution in [0.25, 0.3) is 0 Å². The van der Waals surface area contributed by atoms with Crippen LogP contribution in [0.5, 0.6) is 0 Å². The summed E-state index contributed by atoms with van der Waals surface area (Å²) in [4.78, 5) is 0.181. The Labute approximate surface area is 125 Å². The van der Waals surface area contributed by atoms with Gasteiger partial charge in [0.05, 0.1) is 20.2 Å². The minimum Gasteiger partial charge on any atom is -0.327 e. The van der Waals surface area contributed by atoms with E-state index >= 15 is 0 Å². The Morgan fingerprint density at radius 2 is 1.84 bits per heavy atom. The first-order valence-corrected chi connectivity index (χ1v) is 8.59. The van der Waals surface area contributed by atoms with Crippen LogP contribution in [0.15, 0.2) is 23.1 Å². The summed E-state index contributed by atoms with van der Waals surface area (Å²) in [5, 5.41) is -0.0159. The first-order chi connectivity index (χ1) is 8.84. The normalized spacial score (nSPS) is 15.2. The summed E-state index contributed by atoms with van der Waals surface area (Å²) in [6, 6.07) is 4.00. The summed E-state index contributed by atoms with van der Waals surface area (Å²) in [5.41, 5.74) is 5.99. The molecular weight excluding hydrogens is 305 g/mol. The highest BCUT2D eigenvalue weighted by Crippen LogP contribution is 2.28. The van der Waals surface area contributed by atoms with Crippen molar-refractivity contribution in [2.24, 2.45) is 5.73 Å². The van der Waals surface area contributed by atoms with Gasteiger partial charge in [-0.3, -0.25) is 0 Å². The van der Waals surface area contributed by atoms with Crippen LogP contribution in [0.4, 0.5) is 0 Å². The van der Waals surface area contributed by atoms with Crippen molar-refractivity contribution in [2.45, 2.75) is 49.3 Å². The molecule has 0 saturated heterocycles. The van der Waals surface area contributed by atoms with E-state index < -0.39 is 15.1 Å². The Morgan fingerprint density at radius 3 is 2.32 bits per heavy atom. The Hall–Kier alpha value is -0.290. The van der Waals surface area contributed by atoms with Crippen LogP contribution in [0, 0.1) is 0 Å². The Balaban J connectivity index is 3.16. The summed E-state index contributed by atoms with van der Waals surface area (Å²) < 4.78 is 25.1. The lowest BCUT2D eigenvalue weighted by Crippen LogP contribution is -2.40. The van der Waals surface area contributed by atoms with E-state index in [1.165, 1.54) is 18.2 Å². The van der Waals surface area contributed by atoms with Crippen LogP contribution in [-0.4, -0.2) is 19.7 Å². The Bertz CT molecular complexity index is 531. The van der Waals surface area contributed by atoms with E-state index in [-0.39, 0.29) is 16.0 Å². The van der Waals surface area contributed by atoms with Gasteiger partial charge in [-0.15, -0.1) is 0 Å². The molecular formula is C13H19Cl2NO2S. The van der Waals surface area contributed by atoms with Crippen LogP contribution in [0.3, 0.4) is 0 Å².